The van der Waals surface area contributed by atoms with Gasteiger partial charge in [0.2, 0.25) is 0 Å². The zero-order chi connectivity index (χ0) is 34.8. The van der Waals surface area contributed by atoms with Crippen molar-refractivity contribution in [3.05, 3.63) is 87.8 Å². The number of morpholine rings is 1. The van der Waals surface area contributed by atoms with Gasteiger partial charge in [0.1, 0.15) is 27.8 Å². The van der Waals surface area contributed by atoms with E-state index in [9.17, 15) is 23.6 Å². The van der Waals surface area contributed by atoms with Crippen LogP contribution in [0.15, 0.2) is 55.0 Å². The van der Waals surface area contributed by atoms with Gasteiger partial charge in [-0.25, -0.2) is 4.39 Å². The SMILES string of the molecule is Cn1cc(NC(=O)c2cc(NC(=O)c3cc(NC(=O)c4sc5cc(F)ccc5c4Cl)cn3C)cn2C)cc1C(=O)NCCN1CCOCC1. The third kappa shape index (κ3) is 7.54. The van der Waals surface area contributed by atoms with E-state index in [0.717, 1.165) is 31.0 Å². The molecule has 4 amide bonds. The minimum atomic E-state index is -0.488. The summed E-state index contributed by atoms with van der Waals surface area (Å²) in [6.45, 7) is 4.27. The minimum absolute atomic E-state index is 0.224. The summed E-state index contributed by atoms with van der Waals surface area (Å²) in [5.74, 6) is -2.06. The van der Waals surface area contributed by atoms with Crippen LogP contribution < -0.4 is 21.3 Å². The number of benzene rings is 1. The number of thiophene rings is 1. The predicted octanol–water partition coefficient (Wildman–Crippen LogP) is 4.53. The Bertz CT molecular complexity index is 2080. The number of ether oxygens (including phenoxy) is 1. The van der Waals surface area contributed by atoms with Crippen molar-refractivity contribution < 1.29 is 28.3 Å². The van der Waals surface area contributed by atoms with Crippen LogP contribution in [0.4, 0.5) is 21.5 Å². The molecule has 0 bridgehead atoms. The van der Waals surface area contributed by atoms with Crippen molar-refractivity contribution in [1.82, 2.24) is 23.9 Å². The second kappa shape index (κ2) is 14.3. The quantitative estimate of drug-likeness (QED) is 0.168. The van der Waals surface area contributed by atoms with Crippen LogP contribution in [0.1, 0.15) is 41.1 Å². The number of halogens is 2. The van der Waals surface area contributed by atoms with Crippen LogP contribution in [0.25, 0.3) is 10.1 Å². The number of hydrogen-bond donors (Lipinski definition) is 4. The summed E-state index contributed by atoms with van der Waals surface area (Å²) in [7, 11) is 5.05. The number of nitrogens with one attached hydrogen (secondary N) is 4. The average molecular weight is 709 g/mol. The number of hydrogen-bond acceptors (Lipinski definition) is 7. The largest absolute Gasteiger partial charge is 0.379 e. The van der Waals surface area contributed by atoms with E-state index in [4.69, 9.17) is 16.3 Å². The van der Waals surface area contributed by atoms with E-state index in [0.29, 0.717) is 52.6 Å². The smallest absolute Gasteiger partial charge is 0.272 e. The van der Waals surface area contributed by atoms with Crippen LogP contribution >= 0.6 is 22.9 Å². The second-order valence-electron chi connectivity index (χ2n) is 11.6. The lowest BCUT2D eigenvalue weighted by Crippen LogP contribution is -2.41. The number of aryl methyl sites for hydroxylation is 3. The number of fused-ring (bicyclic) bond motifs is 1. The fourth-order valence-corrected chi connectivity index (χ4v) is 7.02. The van der Waals surface area contributed by atoms with E-state index in [-0.39, 0.29) is 27.2 Å². The second-order valence-corrected chi connectivity index (χ2v) is 13.1. The van der Waals surface area contributed by atoms with Gasteiger partial charge in [-0.15, -0.1) is 11.3 Å². The Morgan fingerprint density at radius 3 is 1.84 bits per heavy atom. The molecular formula is C33H34ClFN8O5S. The molecule has 4 aromatic heterocycles. The molecule has 6 rings (SSSR count). The number of amides is 4. The molecule has 4 N–H and O–H groups in total. The van der Waals surface area contributed by atoms with Gasteiger partial charge in [0.25, 0.3) is 23.6 Å². The molecule has 0 unspecified atom stereocenters. The molecular weight excluding hydrogens is 675 g/mol. The van der Waals surface area contributed by atoms with Gasteiger partial charge < -0.3 is 39.7 Å². The lowest BCUT2D eigenvalue weighted by atomic mass is 10.2. The number of aromatic nitrogens is 3. The molecule has 16 heteroatoms. The van der Waals surface area contributed by atoms with E-state index in [1.54, 1.807) is 59.5 Å². The molecule has 1 aliphatic rings. The molecule has 0 spiro atoms. The summed E-state index contributed by atoms with van der Waals surface area (Å²) in [6, 6.07) is 8.78. The average Bonchev–Trinajstić information content (AvgIpc) is 3.81. The summed E-state index contributed by atoms with van der Waals surface area (Å²) < 4.78 is 24.3. The molecule has 0 aliphatic carbocycles. The van der Waals surface area contributed by atoms with E-state index < -0.39 is 23.5 Å². The zero-order valence-corrected chi connectivity index (χ0v) is 28.5. The van der Waals surface area contributed by atoms with Crippen LogP contribution in [0.2, 0.25) is 5.02 Å². The Balaban J connectivity index is 1.05. The van der Waals surface area contributed by atoms with Gasteiger partial charge in [0.15, 0.2) is 0 Å². The molecule has 0 radical (unpaired) electrons. The van der Waals surface area contributed by atoms with Gasteiger partial charge in [0, 0.05) is 76.0 Å². The van der Waals surface area contributed by atoms with Gasteiger partial charge in [-0.05, 0) is 36.4 Å². The molecule has 13 nitrogen and oxygen atoms in total. The van der Waals surface area contributed by atoms with Crippen molar-refractivity contribution in [1.29, 1.82) is 0 Å². The van der Waals surface area contributed by atoms with Crippen molar-refractivity contribution in [2.45, 2.75) is 0 Å². The maximum Gasteiger partial charge on any atom is 0.272 e. The van der Waals surface area contributed by atoms with E-state index in [2.05, 4.69) is 26.2 Å². The maximum absolute atomic E-state index is 13.7. The molecule has 256 valence electrons. The van der Waals surface area contributed by atoms with Gasteiger partial charge in [-0.3, -0.25) is 24.1 Å². The number of carbonyl (C=O) groups is 4. The summed E-state index contributed by atoms with van der Waals surface area (Å²) in [5, 5.41) is 12.1. The van der Waals surface area contributed by atoms with Crippen molar-refractivity contribution >= 4 is 73.7 Å². The predicted molar refractivity (Wildman–Crippen MR) is 186 cm³/mol. The molecule has 1 fully saturated rings. The molecule has 5 aromatic rings. The highest BCUT2D eigenvalue weighted by molar-refractivity contribution is 7.21. The lowest BCUT2D eigenvalue weighted by molar-refractivity contribution is 0.0383. The standard InChI is InChI=1S/C33H34ClFN8O5S/c1-40-16-20(13-24(40)30(44)36-6-7-43-8-10-48-11-9-43)37-31(45)25-14-21(17-41(25)2)38-32(46)26-15-22(18-42(26)3)39-33(47)29-28(34)23-5-4-19(35)12-27(23)49-29/h4-5,12-18H,6-11H2,1-3H3,(H,36,44)(H,37,45)(H,38,46)(H,39,47). The summed E-state index contributed by atoms with van der Waals surface area (Å²) in [5.41, 5.74) is 2.10. The summed E-state index contributed by atoms with van der Waals surface area (Å²) in [4.78, 5) is 54.6. The first-order valence-electron chi connectivity index (χ1n) is 15.4. The van der Waals surface area contributed by atoms with Gasteiger partial charge in [-0.1, -0.05) is 11.6 Å². The Hall–Kier alpha value is -4.96. The Kier molecular flexibility index (Phi) is 9.87. The number of nitrogens with zero attached hydrogens (tertiary/aromatic N) is 4. The van der Waals surface area contributed by atoms with Gasteiger partial charge >= 0.3 is 0 Å². The normalized spacial score (nSPS) is 13.4. The third-order valence-corrected chi connectivity index (χ3v) is 9.76. The van der Waals surface area contributed by atoms with Crippen molar-refractivity contribution in [3.63, 3.8) is 0 Å². The summed E-state index contributed by atoms with van der Waals surface area (Å²) in [6.07, 6.45) is 4.83. The number of rotatable bonds is 10. The van der Waals surface area contributed by atoms with Crippen LogP contribution in [0.5, 0.6) is 0 Å². The fraction of sp³-hybridized carbons (Fsp3) is 0.273. The molecule has 0 atom stereocenters. The molecule has 5 heterocycles. The first kappa shape index (κ1) is 33.9. The van der Waals surface area contributed by atoms with Crippen LogP contribution in [0, 0.1) is 5.82 Å². The highest BCUT2D eigenvalue weighted by atomic mass is 35.5. The molecule has 1 aliphatic heterocycles. The van der Waals surface area contributed by atoms with E-state index >= 15 is 0 Å². The van der Waals surface area contributed by atoms with Gasteiger partial charge in [-0.2, -0.15) is 0 Å². The monoisotopic (exact) mass is 708 g/mol. The molecule has 1 saturated heterocycles. The number of carbonyl (C=O) groups excluding carboxylic acids is 4. The van der Waals surface area contributed by atoms with Crippen molar-refractivity contribution in [3.8, 4) is 0 Å². The molecule has 49 heavy (non-hydrogen) atoms. The summed E-state index contributed by atoms with van der Waals surface area (Å²) >= 11 is 7.47. The molecule has 0 saturated carbocycles. The van der Waals surface area contributed by atoms with Crippen LogP contribution in [-0.2, 0) is 25.9 Å². The highest BCUT2D eigenvalue weighted by Gasteiger charge is 2.21. The zero-order valence-electron chi connectivity index (χ0n) is 26.9. The minimum Gasteiger partial charge on any atom is -0.379 e. The third-order valence-electron chi connectivity index (χ3n) is 8.10. The fourth-order valence-electron chi connectivity index (χ4n) is 5.58. The first-order chi connectivity index (χ1) is 23.5. The van der Waals surface area contributed by atoms with Crippen molar-refractivity contribution in [2.24, 2.45) is 21.1 Å². The topological polar surface area (TPSA) is 144 Å². The Morgan fingerprint density at radius 1 is 0.776 bits per heavy atom. The van der Waals surface area contributed by atoms with Gasteiger partial charge in [0.05, 0.1) is 35.3 Å². The first-order valence-corrected chi connectivity index (χ1v) is 16.5. The maximum atomic E-state index is 13.7. The van der Waals surface area contributed by atoms with Crippen molar-refractivity contribution in [2.75, 3.05) is 55.3 Å². The van der Waals surface area contributed by atoms with E-state index in [1.165, 1.54) is 30.3 Å². The molecule has 1 aromatic carbocycles. The van der Waals surface area contributed by atoms with Crippen LogP contribution in [0.3, 0.4) is 0 Å². The Morgan fingerprint density at radius 2 is 1.29 bits per heavy atom. The number of anilines is 3. The van der Waals surface area contributed by atoms with E-state index in [1.807, 2.05) is 0 Å². The van der Waals surface area contributed by atoms with Crippen LogP contribution in [-0.4, -0.2) is 81.6 Å². The highest BCUT2D eigenvalue weighted by Crippen LogP contribution is 2.36. The lowest BCUT2D eigenvalue weighted by Gasteiger charge is -2.26. The Labute approximate surface area is 289 Å².